The Hall–Kier alpha value is -0.0400. The summed E-state index contributed by atoms with van der Waals surface area (Å²) in [4.78, 5) is 0. The van der Waals surface area contributed by atoms with Crippen molar-refractivity contribution < 1.29 is 0 Å². The summed E-state index contributed by atoms with van der Waals surface area (Å²) in [5, 5.41) is 3.85. The second-order valence-electron chi connectivity index (χ2n) is 6.89. The summed E-state index contributed by atoms with van der Waals surface area (Å²) in [6.07, 6.45) is 5.87. The minimum Gasteiger partial charge on any atom is -0.311 e. The predicted molar refractivity (Wildman–Crippen MR) is 59.1 cm³/mol. The number of rotatable bonds is 0. The van der Waals surface area contributed by atoms with Crippen LogP contribution in [0.4, 0.5) is 0 Å². The first-order valence-corrected chi connectivity index (χ1v) is 6.28. The van der Waals surface area contributed by atoms with E-state index in [1.807, 2.05) is 0 Å². The highest BCUT2D eigenvalue weighted by Crippen LogP contribution is 2.66. The van der Waals surface area contributed by atoms with E-state index in [2.05, 4.69) is 26.1 Å². The Morgan fingerprint density at radius 1 is 1.29 bits per heavy atom. The molecule has 1 heteroatoms. The zero-order valence-corrected chi connectivity index (χ0v) is 9.77. The predicted octanol–water partition coefficient (Wildman–Crippen LogP) is 2.81. The van der Waals surface area contributed by atoms with Gasteiger partial charge in [-0.1, -0.05) is 20.8 Å². The fourth-order valence-electron chi connectivity index (χ4n) is 4.66. The van der Waals surface area contributed by atoms with Crippen molar-refractivity contribution >= 4 is 0 Å². The molecular formula is C13H23N. The van der Waals surface area contributed by atoms with Gasteiger partial charge in [0.1, 0.15) is 0 Å². The molecule has 2 aliphatic carbocycles. The Labute approximate surface area is 87.7 Å². The van der Waals surface area contributed by atoms with Crippen molar-refractivity contribution in [2.24, 2.45) is 23.2 Å². The van der Waals surface area contributed by atoms with Crippen LogP contribution < -0.4 is 5.32 Å². The monoisotopic (exact) mass is 193 g/mol. The molecule has 4 unspecified atom stereocenters. The molecule has 0 radical (unpaired) electrons. The van der Waals surface area contributed by atoms with Crippen LogP contribution in [-0.4, -0.2) is 12.1 Å². The Morgan fingerprint density at radius 3 is 2.64 bits per heavy atom. The van der Waals surface area contributed by atoms with Crippen LogP contribution >= 0.6 is 0 Å². The smallest absolute Gasteiger partial charge is 0.0220 e. The van der Waals surface area contributed by atoms with E-state index in [-0.39, 0.29) is 0 Å². The standard InChI is InChI=1S/C13H23N/c1-12(2,3)11-10-7-9(10)8-13(11)5-4-6-14-13/h9-11,14H,4-8H2,1-3H3. The van der Waals surface area contributed by atoms with Crippen molar-refractivity contribution in [3.63, 3.8) is 0 Å². The van der Waals surface area contributed by atoms with Gasteiger partial charge in [-0.3, -0.25) is 0 Å². The van der Waals surface area contributed by atoms with Crippen LogP contribution in [0.15, 0.2) is 0 Å². The van der Waals surface area contributed by atoms with E-state index in [1.54, 1.807) is 0 Å². The van der Waals surface area contributed by atoms with Gasteiger partial charge in [-0.25, -0.2) is 0 Å². The van der Waals surface area contributed by atoms with E-state index in [9.17, 15) is 0 Å². The van der Waals surface area contributed by atoms with Crippen molar-refractivity contribution in [2.45, 2.75) is 52.0 Å². The molecule has 4 atom stereocenters. The summed E-state index contributed by atoms with van der Waals surface area (Å²) in [5.41, 5.74) is 1.07. The highest BCUT2D eigenvalue weighted by atomic mass is 15.0. The molecular weight excluding hydrogens is 170 g/mol. The van der Waals surface area contributed by atoms with Crippen LogP contribution in [0.1, 0.15) is 46.5 Å². The van der Waals surface area contributed by atoms with Crippen LogP contribution in [0, 0.1) is 23.2 Å². The number of fused-ring (bicyclic) bond motifs is 1. The van der Waals surface area contributed by atoms with Gasteiger partial charge >= 0.3 is 0 Å². The van der Waals surface area contributed by atoms with E-state index in [1.165, 1.54) is 32.2 Å². The molecule has 1 aliphatic heterocycles. The lowest BCUT2D eigenvalue weighted by Crippen LogP contribution is -2.49. The molecule has 3 rings (SSSR count). The third kappa shape index (κ3) is 1.11. The molecule has 0 amide bonds. The first-order chi connectivity index (χ1) is 6.53. The average molecular weight is 193 g/mol. The average Bonchev–Trinajstić information content (AvgIpc) is 2.57. The van der Waals surface area contributed by atoms with Gasteiger partial charge in [-0.05, 0) is 55.4 Å². The van der Waals surface area contributed by atoms with Crippen molar-refractivity contribution in [3.05, 3.63) is 0 Å². The molecule has 0 aromatic carbocycles. The molecule has 80 valence electrons. The maximum absolute atomic E-state index is 3.85. The van der Waals surface area contributed by atoms with Crippen LogP contribution in [0.2, 0.25) is 0 Å². The van der Waals surface area contributed by atoms with Crippen molar-refractivity contribution in [1.82, 2.24) is 5.32 Å². The van der Waals surface area contributed by atoms with Crippen molar-refractivity contribution in [3.8, 4) is 0 Å². The van der Waals surface area contributed by atoms with Gasteiger partial charge in [-0.15, -0.1) is 0 Å². The lowest BCUT2D eigenvalue weighted by molar-refractivity contribution is 0.113. The van der Waals surface area contributed by atoms with E-state index >= 15 is 0 Å². The summed E-state index contributed by atoms with van der Waals surface area (Å²) in [6.45, 7) is 8.60. The first kappa shape index (κ1) is 9.21. The first-order valence-electron chi connectivity index (χ1n) is 6.28. The summed E-state index contributed by atoms with van der Waals surface area (Å²) in [7, 11) is 0. The zero-order chi connectivity index (χ0) is 9.97. The van der Waals surface area contributed by atoms with E-state index in [0.29, 0.717) is 11.0 Å². The van der Waals surface area contributed by atoms with Crippen molar-refractivity contribution in [1.29, 1.82) is 0 Å². The highest BCUT2D eigenvalue weighted by molar-refractivity contribution is 5.17. The molecule has 1 nitrogen and oxygen atoms in total. The summed E-state index contributed by atoms with van der Waals surface area (Å²) in [5.74, 6) is 3.10. The third-order valence-corrected chi connectivity index (χ3v) is 4.84. The summed E-state index contributed by atoms with van der Waals surface area (Å²) in [6, 6.07) is 0. The maximum Gasteiger partial charge on any atom is 0.0220 e. The molecule has 2 saturated carbocycles. The largest absolute Gasteiger partial charge is 0.311 e. The fraction of sp³-hybridized carbons (Fsp3) is 1.00. The van der Waals surface area contributed by atoms with Crippen LogP contribution in [0.5, 0.6) is 0 Å². The summed E-state index contributed by atoms with van der Waals surface area (Å²) >= 11 is 0. The quantitative estimate of drug-likeness (QED) is 0.624. The molecule has 3 aliphatic rings. The molecule has 0 aromatic rings. The Balaban J connectivity index is 1.91. The third-order valence-electron chi connectivity index (χ3n) is 4.84. The molecule has 1 heterocycles. The van der Waals surface area contributed by atoms with Gasteiger partial charge in [0.2, 0.25) is 0 Å². The van der Waals surface area contributed by atoms with E-state index in [4.69, 9.17) is 0 Å². The van der Waals surface area contributed by atoms with Crippen LogP contribution in [0.3, 0.4) is 0 Å². The Bertz CT molecular complexity index is 244. The second-order valence-corrected chi connectivity index (χ2v) is 6.89. The van der Waals surface area contributed by atoms with Gasteiger partial charge in [-0.2, -0.15) is 0 Å². The minimum atomic E-state index is 0.507. The fourth-order valence-corrected chi connectivity index (χ4v) is 4.66. The molecule has 1 saturated heterocycles. The number of hydrogen-bond acceptors (Lipinski definition) is 1. The van der Waals surface area contributed by atoms with Gasteiger partial charge in [0.15, 0.2) is 0 Å². The second kappa shape index (κ2) is 2.55. The molecule has 3 fully saturated rings. The van der Waals surface area contributed by atoms with Crippen molar-refractivity contribution in [2.75, 3.05) is 6.54 Å². The normalized spacial score (nSPS) is 51.2. The maximum atomic E-state index is 3.85. The lowest BCUT2D eigenvalue weighted by atomic mass is 9.67. The topological polar surface area (TPSA) is 12.0 Å². The molecule has 0 bridgehead atoms. The van der Waals surface area contributed by atoms with Gasteiger partial charge in [0, 0.05) is 5.54 Å². The SMILES string of the molecule is CC(C)(C)C1C2CC2CC12CCCN2. The molecule has 1 spiro atoms. The van der Waals surface area contributed by atoms with Crippen LogP contribution in [-0.2, 0) is 0 Å². The molecule has 1 N–H and O–H groups in total. The molecule has 0 aromatic heterocycles. The summed E-state index contributed by atoms with van der Waals surface area (Å²) < 4.78 is 0. The van der Waals surface area contributed by atoms with Gasteiger partial charge in [0.05, 0.1) is 0 Å². The van der Waals surface area contributed by atoms with E-state index < -0.39 is 0 Å². The minimum absolute atomic E-state index is 0.507. The van der Waals surface area contributed by atoms with Gasteiger partial charge < -0.3 is 5.32 Å². The molecule has 14 heavy (non-hydrogen) atoms. The Kier molecular flexibility index (Phi) is 1.68. The van der Waals surface area contributed by atoms with E-state index in [0.717, 1.165) is 17.8 Å². The number of nitrogens with one attached hydrogen (secondary N) is 1. The lowest BCUT2D eigenvalue weighted by Gasteiger charge is -2.42. The Morgan fingerprint density at radius 2 is 2.07 bits per heavy atom. The van der Waals surface area contributed by atoms with Gasteiger partial charge in [0.25, 0.3) is 0 Å². The zero-order valence-electron chi connectivity index (χ0n) is 9.77. The highest BCUT2D eigenvalue weighted by Gasteiger charge is 2.64. The van der Waals surface area contributed by atoms with Crippen LogP contribution in [0.25, 0.3) is 0 Å². The number of hydrogen-bond donors (Lipinski definition) is 1.